The van der Waals surface area contributed by atoms with Gasteiger partial charge in [0.1, 0.15) is 12.3 Å². The van der Waals surface area contributed by atoms with Crippen LogP contribution in [0.1, 0.15) is 44.4 Å². The molecule has 1 unspecified atom stereocenters. The molecule has 1 aromatic carbocycles. The molecule has 1 saturated heterocycles. The number of hydrogen-bond acceptors (Lipinski definition) is 2. The predicted molar refractivity (Wildman–Crippen MR) is 97.9 cm³/mol. The standard InChI is InChI=1S/C20H28N2O2/c1-4-10-24-16-7-8-19-17(11-16)20(23)18(15(3)21-19)13-22-9-5-6-14(2)12-22/h7-8,11,14H,4-6,9-10,12-13H2,1-3H3,(H,21,23)/p+1/t14-/m1/s1. The second-order valence-electron chi connectivity index (χ2n) is 7.24. The summed E-state index contributed by atoms with van der Waals surface area (Å²) in [6.07, 6.45) is 3.54. The van der Waals surface area contributed by atoms with Gasteiger partial charge in [-0.05, 0) is 44.4 Å². The first-order valence-corrected chi connectivity index (χ1v) is 9.20. The summed E-state index contributed by atoms with van der Waals surface area (Å²) in [5.74, 6) is 1.53. The van der Waals surface area contributed by atoms with Crippen molar-refractivity contribution in [2.45, 2.75) is 46.6 Å². The molecule has 2 atom stereocenters. The zero-order chi connectivity index (χ0) is 17.1. The molecule has 0 radical (unpaired) electrons. The number of aromatic amines is 1. The molecule has 24 heavy (non-hydrogen) atoms. The third-order valence-corrected chi connectivity index (χ3v) is 5.05. The molecule has 0 bridgehead atoms. The number of aromatic nitrogens is 1. The number of H-pyrrole nitrogens is 1. The Balaban J connectivity index is 1.93. The number of rotatable bonds is 5. The van der Waals surface area contributed by atoms with E-state index in [-0.39, 0.29) is 5.43 Å². The third kappa shape index (κ3) is 3.64. The fraction of sp³-hybridized carbons (Fsp3) is 0.550. The monoisotopic (exact) mass is 329 g/mol. The van der Waals surface area contributed by atoms with Crippen LogP contribution in [0.2, 0.25) is 0 Å². The molecule has 4 nitrogen and oxygen atoms in total. The maximum absolute atomic E-state index is 13.0. The molecule has 2 heterocycles. The SMILES string of the molecule is CCCOc1ccc2[nH]c(C)c(C[NH+]3CCC[C@@H](C)C3)c(=O)c2c1. The van der Waals surface area contributed by atoms with Crippen LogP contribution >= 0.6 is 0 Å². The summed E-state index contributed by atoms with van der Waals surface area (Å²) < 4.78 is 5.69. The zero-order valence-electron chi connectivity index (χ0n) is 15.1. The van der Waals surface area contributed by atoms with Gasteiger partial charge in [-0.1, -0.05) is 13.8 Å². The van der Waals surface area contributed by atoms with Crippen LogP contribution in [-0.2, 0) is 6.54 Å². The van der Waals surface area contributed by atoms with E-state index in [9.17, 15) is 4.79 Å². The van der Waals surface area contributed by atoms with E-state index in [0.717, 1.165) is 53.3 Å². The van der Waals surface area contributed by atoms with Gasteiger partial charge in [0.25, 0.3) is 0 Å². The highest BCUT2D eigenvalue weighted by Crippen LogP contribution is 2.19. The average molecular weight is 329 g/mol. The van der Waals surface area contributed by atoms with E-state index in [0.29, 0.717) is 6.61 Å². The van der Waals surface area contributed by atoms with Crippen LogP contribution in [0.25, 0.3) is 10.9 Å². The van der Waals surface area contributed by atoms with Crippen molar-refractivity contribution in [1.82, 2.24) is 4.98 Å². The van der Waals surface area contributed by atoms with Gasteiger partial charge in [-0.25, -0.2) is 0 Å². The van der Waals surface area contributed by atoms with Crippen molar-refractivity contribution in [3.8, 4) is 5.75 Å². The number of benzene rings is 1. The van der Waals surface area contributed by atoms with Gasteiger partial charge in [0.05, 0.1) is 25.3 Å². The van der Waals surface area contributed by atoms with Crippen LogP contribution in [0.15, 0.2) is 23.0 Å². The van der Waals surface area contributed by atoms with E-state index in [2.05, 4.69) is 18.8 Å². The second-order valence-corrected chi connectivity index (χ2v) is 7.24. The van der Waals surface area contributed by atoms with Crippen LogP contribution in [-0.4, -0.2) is 24.7 Å². The Bertz CT molecular complexity index is 766. The molecule has 0 saturated carbocycles. The van der Waals surface area contributed by atoms with Crippen molar-refractivity contribution in [2.75, 3.05) is 19.7 Å². The number of likely N-dealkylation sites (tertiary alicyclic amines) is 1. The molecular formula is C20H29N2O2+. The van der Waals surface area contributed by atoms with E-state index in [4.69, 9.17) is 4.74 Å². The summed E-state index contributed by atoms with van der Waals surface area (Å²) in [6, 6.07) is 5.78. The largest absolute Gasteiger partial charge is 0.494 e. The number of quaternary nitrogens is 1. The zero-order valence-corrected chi connectivity index (χ0v) is 15.1. The summed E-state index contributed by atoms with van der Waals surface area (Å²) >= 11 is 0. The van der Waals surface area contributed by atoms with Crippen molar-refractivity contribution >= 4 is 10.9 Å². The molecule has 0 aliphatic carbocycles. The number of fused-ring (bicyclic) bond motifs is 1. The first-order chi connectivity index (χ1) is 11.6. The molecule has 4 heteroatoms. The molecular weight excluding hydrogens is 300 g/mol. The Morgan fingerprint density at radius 3 is 2.96 bits per heavy atom. The number of nitrogens with one attached hydrogen (secondary N) is 2. The Hall–Kier alpha value is -1.81. The fourth-order valence-electron chi connectivity index (χ4n) is 3.76. The van der Waals surface area contributed by atoms with Gasteiger partial charge in [-0.15, -0.1) is 0 Å². The number of ether oxygens (including phenoxy) is 1. The van der Waals surface area contributed by atoms with Crippen molar-refractivity contribution in [3.05, 3.63) is 39.7 Å². The van der Waals surface area contributed by atoms with Gasteiger partial charge < -0.3 is 14.6 Å². The lowest BCUT2D eigenvalue weighted by molar-refractivity contribution is -0.922. The molecule has 1 fully saturated rings. The highest BCUT2D eigenvalue weighted by Gasteiger charge is 2.22. The summed E-state index contributed by atoms with van der Waals surface area (Å²) in [4.78, 5) is 18.0. The molecule has 1 aromatic heterocycles. The Labute approximate surface area is 143 Å². The molecule has 2 N–H and O–H groups in total. The van der Waals surface area contributed by atoms with Crippen molar-refractivity contribution in [1.29, 1.82) is 0 Å². The molecule has 0 amide bonds. The van der Waals surface area contributed by atoms with E-state index in [1.807, 2.05) is 25.1 Å². The lowest BCUT2D eigenvalue weighted by Gasteiger charge is -2.28. The topological polar surface area (TPSA) is 46.5 Å². The van der Waals surface area contributed by atoms with Crippen LogP contribution in [0.4, 0.5) is 0 Å². The summed E-state index contributed by atoms with van der Waals surface area (Å²) in [6.45, 7) is 10.2. The highest BCUT2D eigenvalue weighted by atomic mass is 16.5. The van der Waals surface area contributed by atoms with Crippen molar-refractivity contribution in [3.63, 3.8) is 0 Å². The maximum Gasteiger partial charge on any atom is 0.198 e. The number of hydrogen-bond donors (Lipinski definition) is 2. The van der Waals surface area contributed by atoms with Gasteiger partial charge in [0, 0.05) is 22.5 Å². The van der Waals surface area contributed by atoms with Gasteiger partial charge in [0.2, 0.25) is 0 Å². The highest BCUT2D eigenvalue weighted by molar-refractivity contribution is 5.81. The van der Waals surface area contributed by atoms with Crippen LogP contribution in [0.3, 0.4) is 0 Å². The van der Waals surface area contributed by atoms with Crippen LogP contribution in [0.5, 0.6) is 5.75 Å². The molecule has 2 aromatic rings. The first kappa shape index (κ1) is 17.0. The van der Waals surface area contributed by atoms with Gasteiger partial charge in [-0.3, -0.25) is 4.79 Å². The Kier molecular flexibility index (Phi) is 5.24. The summed E-state index contributed by atoms with van der Waals surface area (Å²) in [7, 11) is 0. The average Bonchev–Trinajstić information content (AvgIpc) is 2.57. The molecule has 1 aliphatic rings. The Morgan fingerprint density at radius 2 is 2.21 bits per heavy atom. The van der Waals surface area contributed by atoms with Crippen LogP contribution < -0.4 is 15.1 Å². The van der Waals surface area contributed by atoms with Gasteiger partial charge in [0.15, 0.2) is 5.43 Å². The molecule has 1 aliphatic heterocycles. The van der Waals surface area contributed by atoms with Crippen LogP contribution in [0, 0.1) is 12.8 Å². The molecule has 3 rings (SSSR count). The number of aryl methyl sites for hydroxylation is 1. The number of piperidine rings is 1. The number of pyridine rings is 1. The maximum atomic E-state index is 13.0. The fourth-order valence-corrected chi connectivity index (χ4v) is 3.76. The summed E-state index contributed by atoms with van der Waals surface area (Å²) in [5.41, 5.74) is 2.99. The van der Waals surface area contributed by atoms with Gasteiger partial charge in [-0.2, -0.15) is 0 Å². The van der Waals surface area contributed by atoms with E-state index in [1.54, 1.807) is 0 Å². The summed E-state index contributed by atoms with van der Waals surface area (Å²) in [5, 5.41) is 0.744. The molecule has 0 spiro atoms. The van der Waals surface area contributed by atoms with E-state index < -0.39 is 0 Å². The third-order valence-electron chi connectivity index (χ3n) is 5.05. The van der Waals surface area contributed by atoms with Crippen molar-refractivity contribution in [2.24, 2.45) is 5.92 Å². The molecule has 130 valence electrons. The smallest absolute Gasteiger partial charge is 0.198 e. The lowest BCUT2D eigenvalue weighted by atomic mass is 9.99. The minimum atomic E-state index is 0.161. The lowest BCUT2D eigenvalue weighted by Crippen LogP contribution is -3.12. The predicted octanol–water partition coefficient (Wildman–Crippen LogP) is 2.44. The van der Waals surface area contributed by atoms with Gasteiger partial charge >= 0.3 is 0 Å². The minimum absolute atomic E-state index is 0.161. The normalized spacial score (nSPS) is 21.1. The van der Waals surface area contributed by atoms with E-state index >= 15 is 0 Å². The first-order valence-electron chi connectivity index (χ1n) is 9.20. The van der Waals surface area contributed by atoms with E-state index in [1.165, 1.54) is 24.3 Å². The quantitative estimate of drug-likeness (QED) is 0.885. The Morgan fingerprint density at radius 1 is 1.38 bits per heavy atom. The van der Waals surface area contributed by atoms with Crippen molar-refractivity contribution < 1.29 is 9.64 Å². The minimum Gasteiger partial charge on any atom is -0.494 e. The second kappa shape index (κ2) is 7.39.